The number of carbonyl (C=O) groups excluding carboxylic acids is 1. The van der Waals surface area contributed by atoms with Gasteiger partial charge >= 0.3 is 0 Å². The predicted octanol–water partition coefficient (Wildman–Crippen LogP) is 2.95. The molecule has 1 aromatic heterocycles. The highest BCUT2D eigenvalue weighted by atomic mass is 32.2. The van der Waals surface area contributed by atoms with Gasteiger partial charge in [-0.2, -0.15) is 11.8 Å². The molecule has 0 aromatic carbocycles. The quantitative estimate of drug-likeness (QED) is 0.771. The van der Waals surface area contributed by atoms with E-state index < -0.39 is 0 Å². The summed E-state index contributed by atoms with van der Waals surface area (Å²) in [6.07, 6.45) is 5.51. The van der Waals surface area contributed by atoms with Crippen LogP contribution >= 0.6 is 11.8 Å². The van der Waals surface area contributed by atoms with Crippen molar-refractivity contribution in [2.45, 2.75) is 38.0 Å². The average Bonchev–Trinajstić information content (AvgIpc) is 2.81. The summed E-state index contributed by atoms with van der Waals surface area (Å²) in [5.74, 6) is 1.95. The van der Waals surface area contributed by atoms with Crippen LogP contribution in [0.2, 0.25) is 0 Å². The Balaban J connectivity index is 2.12. The second-order valence-electron chi connectivity index (χ2n) is 4.44. The maximum Gasteiger partial charge on any atom is 0.177 e. The lowest BCUT2D eigenvalue weighted by Gasteiger charge is -2.11. The molecular formula is C13H17NO2S. The van der Waals surface area contributed by atoms with Crippen LogP contribution in [0.4, 0.5) is 0 Å². The number of pyridine rings is 1. The van der Waals surface area contributed by atoms with Gasteiger partial charge in [0.1, 0.15) is 5.75 Å². The Bertz CT molecular complexity index is 400. The van der Waals surface area contributed by atoms with E-state index in [0.29, 0.717) is 11.3 Å². The number of nitrogens with zero attached hydrogens (tertiary/aromatic N) is 1. The van der Waals surface area contributed by atoms with Crippen LogP contribution in [-0.2, 0) is 0 Å². The second-order valence-corrected chi connectivity index (χ2v) is 5.75. The first-order valence-corrected chi connectivity index (χ1v) is 6.99. The van der Waals surface area contributed by atoms with Crippen LogP contribution in [0, 0.1) is 0 Å². The van der Waals surface area contributed by atoms with Gasteiger partial charge in [-0.1, -0.05) is 0 Å². The van der Waals surface area contributed by atoms with Gasteiger partial charge in [0.15, 0.2) is 5.78 Å². The van der Waals surface area contributed by atoms with E-state index >= 15 is 0 Å². The van der Waals surface area contributed by atoms with Gasteiger partial charge in [0.25, 0.3) is 0 Å². The highest BCUT2D eigenvalue weighted by Gasteiger charge is 2.24. The maximum atomic E-state index is 12.2. The first kappa shape index (κ1) is 12.4. The third-order valence-corrected chi connectivity index (χ3v) is 3.97. The summed E-state index contributed by atoms with van der Waals surface area (Å²) in [5.41, 5.74) is 0.669. The van der Waals surface area contributed by atoms with Crippen molar-refractivity contribution >= 4 is 17.5 Å². The van der Waals surface area contributed by atoms with Crippen LogP contribution in [0.3, 0.4) is 0 Å². The van der Waals surface area contributed by atoms with Crippen molar-refractivity contribution in [2.24, 2.45) is 0 Å². The minimum absolute atomic E-state index is 0.100. The van der Waals surface area contributed by atoms with Crippen LogP contribution in [-0.4, -0.2) is 27.9 Å². The van der Waals surface area contributed by atoms with Crippen molar-refractivity contribution in [3.05, 3.63) is 24.0 Å². The molecule has 0 amide bonds. The van der Waals surface area contributed by atoms with Crippen molar-refractivity contribution in [1.29, 1.82) is 0 Å². The van der Waals surface area contributed by atoms with Crippen molar-refractivity contribution in [3.63, 3.8) is 0 Å². The van der Waals surface area contributed by atoms with Gasteiger partial charge in [-0.15, -0.1) is 0 Å². The molecule has 0 saturated carbocycles. The van der Waals surface area contributed by atoms with E-state index in [1.807, 2.05) is 13.8 Å². The molecule has 92 valence electrons. The van der Waals surface area contributed by atoms with Crippen LogP contribution < -0.4 is 4.74 Å². The monoisotopic (exact) mass is 251 g/mol. The summed E-state index contributed by atoms with van der Waals surface area (Å²) in [6, 6.07) is 1.80. The Morgan fingerprint density at radius 1 is 1.53 bits per heavy atom. The van der Waals surface area contributed by atoms with E-state index in [1.54, 1.807) is 30.2 Å². The number of carbonyl (C=O) groups is 1. The van der Waals surface area contributed by atoms with Crippen molar-refractivity contribution in [2.75, 3.05) is 5.75 Å². The summed E-state index contributed by atoms with van der Waals surface area (Å²) < 4.78 is 5.55. The van der Waals surface area contributed by atoms with E-state index in [0.717, 1.165) is 18.6 Å². The highest BCUT2D eigenvalue weighted by Crippen LogP contribution is 2.29. The minimum atomic E-state index is 0.100. The summed E-state index contributed by atoms with van der Waals surface area (Å²) in [5, 5.41) is 0.117. The predicted molar refractivity (Wildman–Crippen MR) is 69.8 cm³/mol. The van der Waals surface area contributed by atoms with E-state index in [9.17, 15) is 4.79 Å². The molecule has 2 heterocycles. The van der Waals surface area contributed by atoms with Gasteiger partial charge in [-0.05, 0) is 38.5 Å². The smallest absolute Gasteiger partial charge is 0.177 e. The molecule has 0 bridgehead atoms. The molecule has 1 aliphatic rings. The number of thioether (sulfide) groups is 1. The molecule has 1 unspecified atom stereocenters. The number of rotatable bonds is 4. The standard InChI is InChI=1S/C13H17NO2S/c1-9(2)16-11-6-10(7-14-8-11)13(15)12-4-3-5-17-12/h6-9,12H,3-5H2,1-2H3. The maximum absolute atomic E-state index is 12.2. The van der Waals surface area contributed by atoms with Gasteiger partial charge in [-0.3, -0.25) is 9.78 Å². The fraction of sp³-hybridized carbons (Fsp3) is 0.538. The molecule has 0 radical (unpaired) electrons. The van der Waals surface area contributed by atoms with Gasteiger partial charge in [0.05, 0.1) is 17.6 Å². The number of Topliss-reactive ketones (excluding diaryl/α,β-unsaturated/α-hetero) is 1. The number of hydrogen-bond donors (Lipinski definition) is 0. The van der Waals surface area contributed by atoms with Gasteiger partial charge in [-0.25, -0.2) is 0 Å². The van der Waals surface area contributed by atoms with E-state index in [1.165, 1.54) is 0 Å². The van der Waals surface area contributed by atoms with Crippen LogP contribution in [0.25, 0.3) is 0 Å². The van der Waals surface area contributed by atoms with Gasteiger partial charge < -0.3 is 4.74 Å². The second kappa shape index (κ2) is 5.54. The Labute approximate surface area is 106 Å². The molecule has 4 heteroatoms. The molecule has 1 saturated heterocycles. The van der Waals surface area contributed by atoms with Crippen LogP contribution in [0.5, 0.6) is 5.75 Å². The number of hydrogen-bond acceptors (Lipinski definition) is 4. The summed E-state index contributed by atoms with van der Waals surface area (Å²) in [6.45, 7) is 3.92. The normalized spacial score (nSPS) is 19.6. The zero-order chi connectivity index (χ0) is 12.3. The fourth-order valence-corrected chi connectivity index (χ4v) is 3.10. The SMILES string of the molecule is CC(C)Oc1cncc(C(=O)C2CCCS2)c1. The molecule has 1 atom stereocenters. The molecular weight excluding hydrogens is 234 g/mol. The summed E-state index contributed by atoms with van der Waals surface area (Å²) in [4.78, 5) is 16.2. The lowest BCUT2D eigenvalue weighted by Crippen LogP contribution is -2.15. The van der Waals surface area contributed by atoms with Crippen molar-refractivity contribution < 1.29 is 9.53 Å². The lowest BCUT2D eigenvalue weighted by atomic mass is 10.1. The zero-order valence-electron chi connectivity index (χ0n) is 10.2. The molecule has 3 nitrogen and oxygen atoms in total. The Kier molecular flexibility index (Phi) is 4.05. The van der Waals surface area contributed by atoms with Crippen LogP contribution in [0.15, 0.2) is 18.5 Å². The Morgan fingerprint density at radius 3 is 3.00 bits per heavy atom. The van der Waals surface area contributed by atoms with E-state index in [2.05, 4.69) is 4.98 Å². The molecule has 1 aliphatic heterocycles. The third kappa shape index (κ3) is 3.22. The fourth-order valence-electron chi connectivity index (χ4n) is 1.86. The lowest BCUT2D eigenvalue weighted by molar-refractivity contribution is 0.0987. The molecule has 2 rings (SSSR count). The zero-order valence-corrected chi connectivity index (χ0v) is 11.0. The van der Waals surface area contributed by atoms with E-state index in [-0.39, 0.29) is 17.1 Å². The third-order valence-electron chi connectivity index (χ3n) is 2.59. The average molecular weight is 251 g/mol. The molecule has 0 aliphatic carbocycles. The Hall–Kier alpha value is -1.03. The minimum Gasteiger partial charge on any atom is -0.489 e. The molecule has 17 heavy (non-hydrogen) atoms. The Morgan fingerprint density at radius 2 is 2.35 bits per heavy atom. The molecule has 1 aromatic rings. The van der Waals surface area contributed by atoms with Crippen molar-refractivity contribution in [3.8, 4) is 5.75 Å². The summed E-state index contributed by atoms with van der Waals surface area (Å²) in [7, 11) is 0. The number of aromatic nitrogens is 1. The molecule has 0 N–H and O–H groups in total. The van der Waals surface area contributed by atoms with Gasteiger partial charge in [0.2, 0.25) is 0 Å². The first-order valence-electron chi connectivity index (χ1n) is 5.94. The number of ketones is 1. The van der Waals surface area contributed by atoms with E-state index in [4.69, 9.17) is 4.74 Å². The highest BCUT2D eigenvalue weighted by molar-refractivity contribution is 8.00. The number of ether oxygens (including phenoxy) is 1. The van der Waals surface area contributed by atoms with Crippen LogP contribution in [0.1, 0.15) is 37.0 Å². The summed E-state index contributed by atoms with van der Waals surface area (Å²) >= 11 is 1.75. The first-order chi connectivity index (χ1) is 8.16. The van der Waals surface area contributed by atoms with Gasteiger partial charge in [0, 0.05) is 11.8 Å². The largest absolute Gasteiger partial charge is 0.489 e. The molecule has 1 fully saturated rings. The topological polar surface area (TPSA) is 39.2 Å². The van der Waals surface area contributed by atoms with Crippen molar-refractivity contribution in [1.82, 2.24) is 4.98 Å². The molecule has 0 spiro atoms.